The summed E-state index contributed by atoms with van der Waals surface area (Å²) in [4.78, 5) is 6.61. The Morgan fingerprint density at radius 3 is 2.87 bits per heavy atom. The molecule has 1 aromatic rings. The number of aromatic amines is 1. The molecule has 0 fully saturated rings. The lowest BCUT2D eigenvalue weighted by atomic mass is 10.3. The quantitative estimate of drug-likeness (QED) is 0.555. The van der Waals surface area contributed by atoms with Gasteiger partial charge in [-0.1, -0.05) is 0 Å². The third-order valence-electron chi connectivity index (χ3n) is 1.90. The van der Waals surface area contributed by atoms with E-state index in [2.05, 4.69) is 14.7 Å². The average molecular weight is 232 g/mol. The van der Waals surface area contributed by atoms with Crippen LogP contribution in [0.1, 0.15) is 18.5 Å². The maximum Gasteiger partial charge on any atom is 0.211 e. The molecule has 0 amide bonds. The van der Waals surface area contributed by atoms with Crippen molar-refractivity contribution in [2.24, 2.45) is 5.73 Å². The summed E-state index contributed by atoms with van der Waals surface area (Å²) in [7, 11) is -3.18. The summed E-state index contributed by atoms with van der Waals surface area (Å²) in [6.07, 6.45) is 4.42. The molecule has 0 atom stereocenters. The van der Waals surface area contributed by atoms with E-state index >= 15 is 0 Å². The van der Waals surface area contributed by atoms with Gasteiger partial charge in [-0.15, -0.1) is 0 Å². The van der Waals surface area contributed by atoms with Gasteiger partial charge >= 0.3 is 0 Å². The second-order valence-electron chi connectivity index (χ2n) is 3.21. The fourth-order valence-corrected chi connectivity index (χ4v) is 2.18. The lowest BCUT2D eigenvalue weighted by Gasteiger charge is -2.04. The Morgan fingerprint density at radius 1 is 1.47 bits per heavy atom. The van der Waals surface area contributed by atoms with Crippen molar-refractivity contribution < 1.29 is 8.42 Å². The first kappa shape index (κ1) is 12.2. The number of rotatable bonds is 7. The number of nitrogens with one attached hydrogen (secondary N) is 2. The third-order valence-corrected chi connectivity index (χ3v) is 3.31. The van der Waals surface area contributed by atoms with Crippen molar-refractivity contribution in [1.29, 1.82) is 0 Å². The Labute approximate surface area is 89.3 Å². The number of unbranched alkanes of at least 4 members (excludes halogenated alkanes) is 1. The van der Waals surface area contributed by atoms with Gasteiger partial charge in [0.05, 0.1) is 18.6 Å². The number of imidazole rings is 1. The van der Waals surface area contributed by atoms with E-state index in [-0.39, 0.29) is 12.3 Å². The van der Waals surface area contributed by atoms with Gasteiger partial charge in [-0.2, -0.15) is 0 Å². The highest BCUT2D eigenvalue weighted by molar-refractivity contribution is 7.89. The average Bonchev–Trinajstić information content (AvgIpc) is 2.68. The number of nitrogens with two attached hydrogens (primary N) is 1. The molecule has 0 aliphatic rings. The van der Waals surface area contributed by atoms with Gasteiger partial charge < -0.3 is 10.7 Å². The van der Waals surface area contributed by atoms with Crippen LogP contribution >= 0.6 is 0 Å². The summed E-state index contributed by atoms with van der Waals surface area (Å²) in [6, 6.07) is 0. The van der Waals surface area contributed by atoms with Crippen molar-refractivity contribution in [2.75, 3.05) is 12.3 Å². The molecule has 6 nitrogen and oxygen atoms in total. The standard InChI is InChI=1S/C8H16N4O2S/c9-3-1-2-4-15(13,14)12-6-8-5-10-7-11-8/h5,7,12H,1-4,6,9H2,(H,10,11). The predicted molar refractivity (Wildman–Crippen MR) is 57.5 cm³/mol. The van der Waals surface area contributed by atoms with Gasteiger partial charge in [-0.3, -0.25) is 0 Å². The summed E-state index contributed by atoms with van der Waals surface area (Å²) >= 11 is 0. The van der Waals surface area contributed by atoms with E-state index in [0.29, 0.717) is 13.0 Å². The molecule has 0 saturated carbocycles. The van der Waals surface area contributed by atoms with Gasteiger partial charge in [0.25, 0.3) is 0 Å². The molecule has 0 aliphatic heterocycles. The highest BCUT2D eigenvalue weighted by Gasteiger charge is 2.09. The monoisotopic (exact) mass is 232 g/mol. The second-order valence-corrected chi connectivity index (χ2v) is 5.14. The Hall–Kier alpha value is -0.920. The van der Waals surface area contributed by atoms with Crippen LogP contribution in [0, 0.1) is 0 Å². The Balaban J connectivity index is 2.30. The van der Waals surface area contributed by atoms with Crippen LogP contribution in [0.4, 0.5) is 0 Å². The summed E-state index contributed by atoms with van der Waals surface area (Å²) in [5.74, 6) is 0.123. The number of hydrogen-bond donors (Lipinski definition) is 3. The molecular formula is C8H16N4O2S. The SMILES string of the molecule is NCCCCS(=O)(=O)NCc1cnc[nH]1. The molecule has 1 heterocycles. The highest BCUT2D eigenvalue weighted by atomic mass is 32.2. The number of nitrogens with zero attached hydrogens (tertiary/aromatic N) is 1. The second kappa shape index (κ2) is 5.84. The van der Waals surface area contributed by atoms with E-state index in [1.807, 2.05) is 0 Å². The van der Waals surface area contributed by atoms with Crippen LogP contribution in [0.3, 0.4) is 0 Å². The van der Waals surface area contributed by atoms with E-state index in [4.69, 9.17) is 5.73 Å². The molecule has 1 aromatic heterocycles. The fourth-order valence-electron chi connectivity index (χ4n) is 1.08. The molecular weight excluding hydrogens is 216 g/mol. The first-order valence-corrected chi connectivity index (χ1v) is 6.44. The summed E-state index contributed by atoms with van der Waals surface area (Å²) < 4.78 is 25.3. The van der Waals surface area contributed by atoms with Crippen LogP contribution in [0.25, 0.3) is 0 Å². The summed E-state index contributed by atoms with van der Waals surface area (Å²) in [6.45, 7) is 0.779. The first-order valence-electron chi connectivity index (χ1n) is 4.79. The van der Waals surface area contributed by atoms with Gasteiger partial charge in [-0.25, -0.2) is 18.1 Å². The molecule has 0 unspecified atom stereocenters. The van der Waals surface area contributed by atoms with Gasteiger partial charge in [-0.05, 0) is 19.4 Å². The largest absolute Gasteiger partial charge is 0.347 e. The van der Waals surface area contributed by atoms with Crippen LogP contribution < -0.4 is 10.5 Å². The Bertz CT molecular complexity index is 360. The zero-order chi connectivity index (χ0) is 11.1. The van der Waals surface area contributed by atoms with Crippen molar-refractivity contribution in [3.05, 3.63) is 18.2 Å². The molecule has 0 radical (unpaired) electrons. The zero-order valence-electron chi connectivity index (χ0n) is 8.44. The van der Waals surface area contributed by atoms with Crippen molar-refractivity contribution in [2.45, 2.75) is 19.4 Å². The van der Waals surface area contributed by atoms with Gasteiger partial charge in [0, 0.05) is 11.9 Å². The molecule has 0 spiro atoms. The van der Waals surface area contributed by atoms with E-state index in [0.717, 1.165) is 12.1 Å². The van der Waals surface area contributed by atoms with Gasteiger partial charge in [0.1, 0.15) is 0 Å². The van der Waals surface area contributed by atoms with E-state index < -0.39 is 10.0 Å². The van der Waals surface area contributed by atoms with Crippen molar-refractivity contribution in [3.8, 4) is 0 Å². The Kier molecular flexibility index (Phi) is 4.73. The molecule has 0 bridgehead atoms. The van der Waals surface area contributed by atoms with Crippen LogP contribution in [0.15, 0.2) is 12.5 Å². The van der Waals surface area contributed by atoms with E-state index in [1.54, 1.807) is 6.20 Å². The van der Waals surface area contributed by atoms with Gasteiger partial charge in [0.2, 0.25) is 10.0 Å². The minimum absolute atomic E-state index is 0.123. The Morgan fingerprint density at radius 2 is 2.27 bits per heavy atom. The number of aromatic nitrogens is 2. The maximum absolute atomic E-state index is 11.4. The lowest BCUT2D eigenvalue weighted by molar-refractivity contribution is 0.576. The highest BCUT2D eigenvalue weighted by Crippen LogP contribution is 1.96. The minimum atomic E-state index is -3.18. The molecule has 4 N–H and O–H groups in total. The molecule has 0 aromatic carbocycles. The molecule has 0 saturated heterocycles. The number of hydrogen-bond acceptors (Lipinski definition) is 4. The van der Waals surface area contributed by atoms with Crippen LogP contribution in [0.5, 0.6) is 0 Å². The third kappa shape index (κ3) is 4.91. The minimum Gasteiger partial charge on any atom is -0.347 e. The topological polar surface area (TPSA) is 101 Å². The molecule has 1 rings (SSSR count). The van der Waals surface area contributed by atoms with Gasteiger partial charge in [0.15, 0.2) is 0 Å². The lowest BCUT2D eigenvalue weighted by Crippen LogP contribution is -2.26. The normalized spacial score (nSPS) is 11.8. The van der Waals surface area contributed by atoms with Crippen molar-refractivity contribution in [1.82, 2.24) is 14.7 Å². The molecule has 86 valence electrons. The molecule has 7 heteroatoms. The van der Waals surface area contributed by atoms with Crippen LogP contribution in [0.2, 0.25) is 0 Å². The van der Waals surface area contributed by atoms with Crippen LogP contribution in [-0.4, -0.2) is 30.7 Å². The van der Waals surface area contributed by atoms with E-state index in [1.165, 1.54) is 6.33 Å². The van der Waals surface area contributed by atoms with Crippen molar-refractivity contribution >= 4 is 10.0 Å². The maximum atomic E-state index is 11.4. The van der Waals surface area contributed by atoms with Crippen LogP contribution in [-0.2, 0) is 16.6 Å². The number of sulfonamides is 1. The molecule has 0 aliphatic carbocycles. The number of H-pyrrole nitrogens is 1. The molecule has 15 heavy (non-hydrogen) atoms. The zero-order valence-corrected chi connectivity index (χ0v) is 9.26. The fraction of sp³-hybridized carbons (Fsp3) is 0.625. The van der Waals surface area contributed by atoms with E-state index in [9.17, 15) is 8.42 Å². The summed E-state index contributed by atoms with van der Waals surface area (Å²) in [5.41, 5.74) is 6.03. The first-order chi connectivity index (χ1) is 7.14. The summed E-state index contributed by atoms with van der Waals surface area (Å²) in [5, 5.41) is 0. The smallest absolute Gasteiger partial charge is 0.211 e. The van der Waals surface area contributed by atoms with Crippen molar-refractivity contribution in [3.63, 3.8) is 0 Å². The predicted octanol–water partition coefficient (Wildman–Crippen LogP) is -0.432.